The van der Waals surface area contributed by atoms with Crippen LogP contribution in [0.5, 0.6) is 0 Å². The molecule has 0 bridgehead atoms. The van der Waals surface area contributed by atoms with E-state index in [2.05, 4.69) is 10.3 Å². The molecular formula is C19H16N2O2. The highest BCUT2D eigenvalue weighted by atomic mass is 16.3. The summed E-state index contributed by atoms with van der Waals surface area (Å²) in [6.07, 6.45) is 0.153. The second-order valence-electron chi connectivity index (χ2n) is 6.04. The summed E-state index contributed by atoms with van der Waals surface area (Å²) in [6.45, 7) is 1.94. The van der Waals surface area contributed by atoms with Gasteiger partial charge in [-0.2, -0.15) is 0 Å². The van der Waals surface area contributed by atoms with E-state index in [4.69, 9.17) is 0 Å². The molecule has 3 aromatic rings. The van der Waals surface area contributed by atoms with Crippen LogP contribution in [0.15, 0.2) is 54.6 Å². The van der Waals surface area contributed by atoms with Crippen LogP contribution in [-0.2, 0) is 16.8 Å². The number of aromatic nitrogens is 1. The summed E-state index contributed by atoms with van der Waals surface area (Å²) in [4.78, 5) is 16.9. The quantitative estimate of drug-likeness (QED) is 0.765. The molecule has 2 N–H and O–H groups in total. The number of hydrogen-bond acceptors (Lipinski definition) is 3. The highest BCUT2D eigenvalue weighted by Gasteiger charge is 2.45. The molecule has 23 heavy (non-hydrogen) atoms. The van der Waals surface area contributed by atoms with E-state index in [1.807, 2.05) is 61.5 Å². The molecule has 0 aliphatic carbocycles. The smallest absolute Gasteiger partial charge is 0.261 e. The van der Waals surface area contributed by atoms with Gasteiger partial charge in [-0.15, -0.1) is 0 Å². The summed E-state index contributed by atoms with van der Waals surface area (Å²) in [6, 6.07) is 17.2. The van der Waals surface area contributed by atoms with Crippen LogP contribution in [0.1, 0.15) is 16.8 Å². The number of para-hydroxylation sites is 1. The fraction of sp³-hybridized carbons (Fsp3) is 0.158. The van der Waals surface area contributed by atoms with E-state index in [0.29, 0.717) is 16.9 Å². The van der Waals surface area contributed by atoms with Crippen molar-refractivity contribution in [1.29, 1.82) is 0 Å². The third kappa shape index (κ3) is 2.19. The van der Waals surface area contributed by atoms with Crippen molar-refractivity contribution in [3.8, 4) is 0 Å². The van der Waals surface area contributed by atoms with Gasteiger partial charge in [-0.1, -0.05) is 42.0 Å². The van der Waals surface area contributed by atoms with E-state index in [1.165, 1.54) is 0 Å². The molecule has 0 fully saturated rings. The van der Waals surface area contributed by atoms with Crippen LogP contribution < -0.4 is 5.32 Å². The normalized spacial score (nSPS) is 19.7. The van der Waals surface area contributed by atoms with Crippen molar-refractivity contribution in [2.75, 3.05) is 5.32 Å². The largest absolute Gasteiger partial charge is 0.375 e. The highest BCUT2D eigenvalue weighted by Crippen LogP contribution is 2.38. The summed E-state index contributed by atoms with van der Waals surface area (Å²) in [5.41, 5.74) is 2.27. The van der Waals surface area contributed by atoms with E-state index in [1.54, 1.807) is 0 Å². The molecule has 1 aromatic heterocycles. The average molecular weight is 304 g/mol. The zero-order valence-corrected chi connectivity index (χ0v) is 12.7. The predicted octanol–water partition coefficient (Wildman–Crippen LogP) is 2.93. The number of carbonyl (C=O) groups excluding carboxylic acids is 1. The maximum atomic E-state index is 12.3. The Hall–Kier alpha value is -2.72. The van der Waals surface area contributed by atoms with Crippen LogP contribution in [0.2, 0.25) is 0 Å². The Balaban J connectivity index is 1.77. The Labute approximate surface area is 133 Å². The Morgan fingerprint density at radius 1 is 1.13 bits per heavy atom. The minimum absolute atomic E-state index is 0.153. The molecular weight excluding hydrogens is 288 g/mol. The lowest BCUT2D eigenvalue weighted by Crippen LogP contribution is -2.36. The van der Waals surface area contributed by atoms with Gasteiger partial charge in [0.1, 0.15) is 0 Å². The van der Waals surface area contributed by atoms with Gasteiger partial charge in [0.05, 0.1) is 5.52 Å². The van der Waals surface area contributed by atoms with Gasteiger partial charge in [0, 0.05) is 28.8 Å². The topological polar surface area (TPSA) is 62.2 Å². The van der Waals surface area contributed by atoms with E-state index >= 15 is 0 Å². The second-order valence-corrected chi connectivity index (χ2v) is 6.04. The first-order chi connectivity index (χ1) is 11.1. The number of nitrogens with one attached hydrogen (secondary N) is 1. The molecule has 0 radical (unpaired) electrons. The summed E-state index contributed by atoms with van der Waals surface area (Å²) in [5.74, 6) is -0.395. The molecule has 1 unspecified atom stereocenters. The lowest BCUT2D eigenvalue weighted by atomic mass is 9.89. The Morgan fingerprint density at radius 2 is 1.96 bits per heavy atom. The van der Waals surface area contributed by atoms with Crippen LogP contribution in [-0.4, -0.2) is 16.0 Å². The number of aliphatic hydroxyl groups is 1. The molecule has 4 nitrogen and oxygen atoms in total. The van der Waals surface area contributed by atoms with Gasteiger partial charge in [-0.05, 0) is 25.1 Å². The first-order valence-electron chi connectivity index (χ1n) is 7.56. The minimum Gasteiger partial charge on any atom is -0.375 e. The molecule has 1 aliphatic rings. The van der Waals surface area contributed by atoms with E-state index < -0.39 is 11.5 Å². The molecule has 0 spiro atoms. The third-order valence-electron chi connectivity index (χ3n) is 4.34. The minimum atomic E-state index is -1.57. The van der Waals surface area contributed by atoms with E-state index in [9.17, 15) is 9.90 Å². The Bertz CT molecular complexity index is 936. The highest BCUT2D eigenvalue weighted by molar-refractivity contribution is 6.05. The van der Waals surface area contributed by atoms with Gasteiger partial charge in [-0.3, -0.25) is 9.78 Å². The number of pyridine rings is 1. The van der Waals surface area contributed by atoms with Crippen molar-refractivity contribution in [2.24, 2.45) is 0 Å². The molecule has 1 amide bonds. The Morgan fingerprint density at radius 3 is 2.83 bits per heavy atom. The summed E-state index contributed by atoms with van der Waals surface area (Å²) >= 11 is 0. The first kappa shape index (κ1) is 13.9. The predicted molar refractivity (Wildman–Crippen MR) is 89.2 cm³/mol. The van der Waals surface area contributed by atoms with Gasteiger partial charge >= 0.3 is 0 Å². The molecule has 0 saturated carbocycles. The van der Waals surface area contributed by atoms with Crippen molar-refractivity contribution in [2.45, 2.75) is 18.9 Å². The number of carbonyl (C=O) groups is 1. The molecule has 2 heterocycles. The maximum Gasteiger partial charge on any atom is 0.261 e. The number of fused-ring (bicyclic) bond motifs is 2. The molecule has 1 aliphatic heterocycles. The summed E-state index contributed by atoms with van der Waals surface area (Å²) in [7, 11) is 0. The SMILES string of the molecule is Cc1ccc2c(c1)C(O)(Cc1ccc3ccccc3n1)C(=O)N2. The molecule has 4 heteroatoms. The number of anilines is 1. The molecule has 1 atom stereocenters. The van der Waals surface area contributed by atoms with Gasteiger partial charge in [-0.25, -0.2) is 0 Å². The van der Waals surface area contributed by atoms with Crippen molar-refractivity contribution in [3.05, 3.63) is 71.4 Å². The fourth-order valence-electron chi connectivity index (χ4n) is 3.10. The van der Waals surface area contributed by atoms with Gasteiger partial charge < -0.3 is 10.4 Å². The number of nitrogens with zero attached hydrogens (tertiary/aromatic N) is 1. The molecule has 2 aromatic carbocycles. The monoisotopic (exact) mass is 304 g/mol. The van der Waals surface area contributed by atoms with Crippen molar-refractivity contribution in [1.82, 2.24) is 4.98 Å². The van der Waals surface area contributed by atoms with Crippen LogP contribution in [0, 0.1) is 6.92 Å². The number of benzene rings is 2. The van der Waals surface area contributed by atoms with E-state index in [-0.39, 0.29) is 6.42 Å². The molecule has 4 rings (SSSR count). The number of hydrogen-bond donors (Lipinski definition) is 2. The van der Waals surface area contributed by atoms with Crippen LogP contribution in [0.25, 0.3) is 10.9 Å². The Kier molecular flexibility index (Phi) is 2.96. The molecule has 0 saturated heterocycles. The second kappa shape index (κ2) is 4.89. The average Bonchev–Trinajstić information content (AvgIpc) is 2.79. The maximum absolute atomic E-state index is 12.3. The van der Waals surface area contributed by atoms with Crippen LogP contribution in [0.3, 0.4) is 0 Å². The van der Waals surface area contributed by atoms with Gasteiger partial charge in [0.2, 0.25) is 0 Å². The third-order valence-corrected chi connectivity index (χ3v) is 4.34. The van der Waals surface area contributed by atoms with E-state index in [0.717, 1.165) is 16.5 Å². The molecule has 114 valence electrons. The summed E-state index contributed by atoms with van der Waals surface area (Å²) in [5, 5.41) is 14.8. The fourth-order valence-corrected chi connectivity index (χ4v) is 3.10. The standard InChI is InChI=1S/C19H16N2O2/c1-12-6-9-17-15(10-12)19(23,18(22)21-17)11-14-8-7-13-4-2-3-5-16(13)20-14/h2-10,23H,11H2,1H3,(H,21,22). The van der Waals surface area contributed by atoms with Crippen molar-refractivity contribution < 1.29 is 9.90 Å². The van der Waals surface area contributed by atoms with Gasteiger partial charge in [0.25, 0.3) is 5.91 Å². The zero-order chi connectivity index (χ0) is 16.0. The lowest BCUT2D eigenvalue weighted by molar-refractivity contribution is -0.133. The number of rotatable bonds is 2. The van der Waals surface area contributed by atoms with Crippen molar-refractivity contribution in [3.63, 3.8) is 0 Å². The van der Waals surface area contributed by atoms with Crippen molar-refractivity contribution >= 4 is 22.5 Å². The van der Waals surface area contributed by atoms with Crippen LogP contribution in [0.4, 0.5) is 5.69 Å². The van der Waals surface area contributed by atoms with Gasteiger partial charge in [0.15, 0.2) is 5.60 Å². The number of aryl methyl sites for hydroxylation is 1. The first-order valence-corrected chi connectivity index (χ1v) is 7.56. The zero-order valence-electron chi connectivity index (χ0n) is 12.7. The van der Waals surface area contributed by atoms with Crippen LogP contribution >= 0.6 is 0 Å². The number of amides is 1. The lowest BCUT2D eigenvalue weighted by Gasteiger charge is -2.21. The summed E-state index contributed by atoms with van der Waals surface area (Å²) < 4.78 is 0.